The predicted octanol–water partition coefficient (Wildman–Crippen LogP) is 4.93. The first-order chi connectivity index (χ1) is 11.6. The normalized spacial score (nSPS) is 10.5. The molecule has 3 rings (SSSR count). The SMILES string of the molecule is Cc1cc(Nc2ccc(Cl)cc2)nc(NCc2ccccc2F)n1. The Morgan fingerprint density at radius 1 is 1.04 bits per heavy atom. The average Bonchev–Trinajstić information content (AvgIpc) is 2.56. The van der Waals surface area contributed by atoms with Crippen molar-refractivity contribution in [2.24, 2.45) is 0 Å². The minimum atomic E-state index is -0.253. The van der Waals surface area contributed by atoms with E-state index in [1.807, 2.05) is 25.1 Å². The lowest BCUT2D eigenvalue weighted by atomic mass is 10.2. The van der Waals surface area contributed by atoms with E-state index in [4.69, 9.17) is 11.6 Å². The summed E-state index contributed by atoms with van der Waals surface area (Å²) in [5.41, 5.74) is 2.24. The van der Waals surface area contributed by atoms with E-state index in [0.717, 1.165) is 11.4 Å². The fourth-order valence-corrected chi connectivity index (χ4v) is 2.33. The maximum atomic E-state index is 13.7. The first-order valence-corrected chi connectivity index (χ1v) is 7.83. The van der Waals surface area contributed by atoms with Crippen LogP contribution in [0.25, 0.3) is 0 Å². The molecule has 2 aromatic carbocycles. The van der Waals surface area contributed by atoms with Gasteiger partial charge in [0, 0.05) is 34.6 Å². The molecule has 0 bridgehead atoms. The number of anilines is 3. The Morgan fingerprint density at radius 3 is 2.54 bits per heavy atom. The van der Waals surface area contributed by atoms with Crippen LogP contribution in [0, 0.1) is 12.7 Å². The third kappa shape index (κ3) is 4.20. The fraction of sp³-hybridized carbons (Fsp3) is 0.111. The van der Waals surface area contributed by atoms with Crippen molar-refractivity contribution in [1.82, 2.24) is 9.97 Å². The Labute approximate surface area is 144 Å². The zero-order chi connectivity index (χ0) is 16.9. The summed E-state index contributed by atoms with van der Waals surface area (Å²) in [7, 11) is 0. The van der Waals surface area contributed by atoms with E-state index in [1.165, 1.54) is 6.07 Å². The first kappa shape index (κ1) is 16.2. The van der Waals surface area contributed by atoms with Crippen molar-refractivity contribution in [3.63, 3.8) is 0 Å². The molecule has 0 fully saturated rings. The van der Waals surface area contributed by atoms with Gasteiger partial charge >= 0.3 is 0 Å². The van der Waals surface area contributed by atoms with Crippen molar-refractivity contribution in [3.05, 3.63) is 76.7 Å². The number of nitrogens with one attached hydrogen (secondary N) is 2. The van der Waals surface area contributed by atoms with E-state index in [9.17, 15) is 4.39 Å². The summed E-state index contributed by atoms with van der Waals surface area (Å²) in [5, 5.41) is 6.93. The number of nitrogens with zero attached hydrogens (tertiary/aromatic N) is 2. The topological polar surface area (TPSA) is 49.8 Å². The molecule has 0 radical (unpaired) electrons. The Balaban J connectivity index is 1.74. The van der Waals surface area contributed by atoms with E-state index >= 15 is 0 Å². The molecular formula is C18H16ClFN4. The minimum absolute atomic E-state index is 0.253. The van der Waals surface area contributed by atoms with E-state index in [0.29, 0.717) is 28.9 Å². The third-order valence-corrected chi connectivity index (χ3v) is 3.62. The quantitative estimate of drug-likeness (QED) is 0.690. The molecule has 0 saturated heterocycles. The molecule has 0 saturated carbocycles. The highest BCUT2D eigenvalue weighted by atomic mass is 35.5. The summed E-state index contributed by atoms with van der Waals surface area (Å²) in [6.45, 7) is 2.19. The third-order valence-electron chi connectivity index (χ3n) is 3.37. The van der Waals surface area contributed by atoms with Gasteiger partial charge < -0.3 is 10.6 Å². The summed E-state index contributed by atoms with van der Waals surface area (Å²) < 4.78 is 13.7. The summed E-state index contributed by atoms with van der Waals surface area (Å²) in [6, 6.07) is 15.8. The molecule has 0 aliphatic rings. The molecule has 0 amide bonds. The molecule has 4 nitrogen and oxygen atoms in total. The predicted molar refractivity (Wildman–Crippen MR) is 95.2 cm³/mol. The van der Waals surface area contributed by atoms with Gasteiger partial charge in [0.05, 0.1) is 0 Å². The zero-order valence-electron chi connectivity index (χ0n) is 13.1. The molecule has 6 heteroatoms. The van der Waals surface area contributed by atoms with Crippen LogP contribution in [0.4, 0.5) is 21.8 Å². The van der Waals surface area contributed by atoms with Crippen LogP contribution in [0.1, 0.15) is 11.3 Å². The highest BCUT2D eigenvalue weighted by Crippen LogP contribution is 2.19. The summed E-state index contributed by atoms with van der Waals surface area (Å²) in [5.74, 6) is 0.840. The summed E-state index contributed by atoms with van der Waals surface area (Å²) >= 11 is 5.88. The lowest BCUT2D eigenvalue weighted by molar-refractivity contribution is 0.612. The van der Waals surface area contributed by atoms with Gasteiger partial charge in [-0.3, -0.25) is 0 Å². The van der Waals surface area contributed by atoms with Gasteiger partial charge in [-0.15, -0.1) is 0 Å². The van der Waals surface area contributed by atoms with E-state index in [2.05, 4.69) is 20.6 Å². The van der Waals surface area contributed by atoms with Crippen molar-refractivity contribution in [2.75, 3.05) is 10.6 Å². The molecule has 122 valence electrons. The molecule has 2 N–H and O–H groups in total. The van der Waals surface area contributed by atoms with Gasteiger partial charge in [-0.2, -0.15) is 4.98 Å². The van der Waals surface area contributed by atoms with Crippen LogP contribution in [0.2, 0.25) is 5.02 Å². The fourth-order valence-electron chi connectivity index (χ4n) is 2.21. The monoisotopic (exact) mass is 342 g/mol. The van der Waals surface area contributed by atoms with Gasteiger partial charge in [-0.05, 0) is 37.3 Å². The van der Waals surface area contributed by atoms with Gasteiger partial charge in [0.25, 0.3) is 0 Å². The van der Waals surface area contributed by atoms with Crippen LogP contribution in [0.15, 0.2) is 54.6 Å². The largest absolute Gasteiger partial charge is 0.350 e. The van der Waals surface area contributed by atoms with Gasteiger partial charge in [-0.1, -0.05) is 29.8 Å². The van der Waals surface area contributed by atoms with Crippen molar-refractivity contribution < 1.29 is 4.39 Å². The van der Waals surface area contributed by atoms with Crippen molar-refractivity contribution in [2.45, 2.75) is 13.5 Å². The van der Waals surface area contributed by atoms with Gasteiger partial charge in [-0.25, -0.2) is 9.37 Å². The van der Waals surface area contributed by atoms with Gasteiger partial charge in [0.2, 0.25) is 5.95 Å². The number of benzene rings is 2. The standard InChI is InChI=1S/C18H16ClFN4/c1-12-10-17(23-15-8-6-14(19)7-9-15)24-18(22-12)21-11-13-4-2-3-5-16(13)20/h2-10H,11H2,1H3,(H2,21,22,23,24). The maximum absolute atomic E-state index is 13.7. The van der Waals surface area contributed by atoms with Crippen molar-refractivity contribution in [1.29, 1.82) is 0 Å². The van der Waals surface area contributed by atoms with Crippen LogP contribution in [0.3, 0.4) is 0 Å². The number of halogens is 2. The van der Waals surface area contributed by atoms with Crippen LogP contribution in [-0.4, -0.2) is 9.97 Å². The molecule has 1 aromatic heterocycles. The highest BCUT2D eigenvalue weighted by Gasteiger charge is 2.05. The number of aryl methyl sites for hydroxylation is 1. The number of aromatic nitrogens is 2. The Hall–Kier alpha value is -2.66. The van der Waals surface area contributed by atoms with Crippen LogP contribution < -0.4 is 10.6 Å². The molecule has 0 spiro atoms. The molecule has 1 heterocycles. The van der Waals surface area contributed by atoms with E-state index in [1.54, 1.807) is 30.3 Å². The van der Waals surface area contributed by atoms with Crippen molar-refractivity contribution >= 4 is 29.1 Å². The summed E-state index contributed by atoms with van der Waals surface area (Å²) in [6.07, 6.45) is 0. The van der Waals surface area contributed by atoms with Crippen LogP contribution in [0.5, 0.6) is 0 Å². The highest BCUT2D eigenvalue weighted by molar-refractivity contribution is 6.30. The molecule has 0 unspecified atom stereocenters. The molecule has 0 atom stereocenters. The summed E-state index contributed by atoms with van der Waals surface area (Å²) in [4.78, 5) is 8.74. The van der Waals surface area contributed by atoms with Gasteiger partial charge in [0.15, 0.2) is 0 Å². The smallest absolute Gasteiger partial charge is 0.225 e. The molecule has 0 aliphatic carbocycles. The first-order valence-electron chi connectivity index (χ1n) is 7.46. The van der Waals surface area contributed by atoms with Gasteiger partial charge in [0.1, 0.15) is 11.6 Å². The number of hydrogen-bond donors (Lipinski definition) is 2. The zero-order valence-corrected chi connectivity index (χ0v) is 13.8. The second kappa shape index (κ2) is 7.27. The minimum Gasteiger partial charge on any atom is -0.350 e. The Morgan fingerprint density at radius 2 is 1.79 bits per heavy atom. The lowest BCUT2D eigenvalue weighted by Gasteiger charge is -2.10. The number of rotatable bonds is 5. The average molecular weight is 343 g/mol. The Kier molecular flexibility index (Phi) is 4.91. The molecular weight excluding hydrogens is 327 g/mol. The van der Waals surface area contributed by atoms with Crippen LogP contribution in [-0.2, 0) is 6.54 Å². The number of hydrogen-bond acceptors (Lipinski definition) is 4. The molecule has 24 heavy (non-hydrogen) atoms. The second-order valence-corrected chi connectivity index (χ2v) is 5.73. The Bertz CT molecular complexity index is 837. The second-order valence-electron chi connectivity index (χ2n) is 5.30. The van der Waals surface area contributed by atoms with E-state index < -0.39 is 0 Å². The van der Waals surface area contributed by atoms with Crippen molar-refractivity contribution in [3.8, 4) is 0 Å². The molecule has 3 aromatic rings. The lowest BCUT2D eigenvalue weighted by Crippen LogP contribution is -2.07. The maximum Gasteiger partial charge on any atom is 0.225 e. The van der Waals surface area contributed by atoms with E-state index in [-0.39, 0.29) is 5.82 Å². The molecule has 0 aliphatic heterocycles. The van der Waals surface area contributed by atoms with Crippen LogP contribution >= 0.6 is 11.6 Å².